The zero-order valence-corrected chi connectivity index (χ0v) is 10.1. The standard InChI is InChI=1S/C13H21NO3/c15-9-12-5-4-11(17-12)8-14-10-13(16)6-2-1-3-7-13/h4-5,14-16H,1-3,6-10H2. The molecule has 1 fully saturated rings. The van der Waals surface area contributed by atoms with Gasteiger partial charge in [0.15, 0.2) is 0 Å². The van der Waals surface area contributed by atoms with Crippen molar-refractivity contribution in [3.8, 4) is 0 Å². The Hall–Kier alpha value is -0.840. The van der Waals surface area contributed by atoms with E-state index in [4.69, 9.17) is 9.52 Å². The van der Waals surface area contributed by atoms with Crippen LogP contribution in [-0.4, -0.2) is 22.4 Å². The van der Waals surface area contributed by atoms with Gasteiger partial charge in [-0.15, -0.1) is 0 Å². The Morgan fingerprint density at radius 3 is 2.53 bits per heavy atom. The molecule has 0 aliphatic heterocycles. The highest BCUT2D eigenvalue weighted by atomic mass is 16.4. The van der Waals surface area contributed by atoms with E-state index in [0.717, 1.165) is 31.4 Å². The van der Waals surface area contributed by atoms with Crippen LogP contribution in [0.5, 0.6) is 0 Å². The fourth-order valence-corrected chi connectivity index (χ4v) is 2.41. The highest BCUT2D eigenvalue weighted by Crippen LogP contribution is 2.27. The third kappa shape index (κ3) is 3.56. The Morgan fingerprint density at radius 1 is 1.18 bits per heavy atom. The number of hydrogen-bond acceptors (Lipinski definition) is 4. The monoisotopic (exact) mass is 239 g/mol. The minimum Gasteiger partial charge on any atom is -0.462 e. The molecule has 0 bridgehead atoms. The van der Waals surface area contributed by atoms with Crippen LogP contribution in [0.3, 0.4) is 0 Å². The lowest BCUT2D eigenvalue weighted by atomic mass is 9.85. The van der Waals surface area contributed by atoms with Crippen molar-refractivity contribution in [2.24, 2.45) is 0 Å². The van der Waals surface area contributed by atoms with Crippen molar-refractivity contribution in [1.82, 2.24) is 5.32 Å². The van der Waals surface area contributed by atoms with Crippen molar-refractivity contribution in [2.75, 3.05) is 6.54 Å². The molecule has 0 spiro atoms. The lowest BCUT2D eigenvalue weighted by molar-refractivity contribution is 0.00435. The molecule has 2 rings (SSSR count). The van der Waals surface area contributed by atoms with Crippen molar-refractivity contribution in [1.29, 1.82) is 0 Å². The van der Waals surface area contributed by atoms with E-state index in [2.05, 4.69) is 5.32 Å². The van der Waals surface area contributed by atoms with Crippen LogP contribution in [0.4, 0.5) is 0 Å². The lowest BCUT2D eigenvalue weighted by Gasteiger charge is -2.32. The Labute approximate surface area is 102 Å². The lowest BCUT2D eigenvalue weighted by Crippen LogP contribution is -2.41. The van der Waals surface area contributed by atoms with Gasteiger partial charge in [-0.1, -0.05) is 19.3 Å². The van der Waals surface area contributed by atoms with Crippen LogP contribution in [0.2, 0.25) is 0 Å². The second kappa shape index (κ2) is 5.67. The summed E-state index contributed by atoms with van der Waals surface area (Å²) < 4.78 is 5.36. The SMILES string of the molecule is OCc1ccc(CNCC2(O)CCCCC2)o1. The fraction of sp³-hybridized carbons (Fsp3) is 0.692. The molecule has 96 valence electrons. The molecule has 0 atom stereocenters. The van der Waals surface area contributed by atoms with Gasteiger partial charge in [-0.25, -0.2) is 0 Å². The minimum absolute atomic E-state index is 0.0655. The number of aliphatic hydroxyl groups is 2. The minimum atomic E-state index is -0.537. The summed E-state index contributed by atoms with van der Waals surface area (Å²) in [5, 5.41) is 22.4. The normalized spacial score (nSPS) is 19.4. The van der Waals surface area contributed by atoms with Gasteiger partial charge in [0.05, 0.1) is 12.1 Å². The molecule has 0 unspecified atom stereocenters. The molecule has 0 amide bonds. The molecule has 4 heteroatoms. The van der Waals surface area contributed by atoms with Crippen LogP contribution in [-0.2, 0) is 13.2 Å². The van der Waals surface area contributed by atoms with Crippen molar-refractivity contribution < 1.29 is 14.6 Å². The number of nitrogens with one attached hydrogen (secondary N) is 1. The van der Waals surface area contributed by atoms with E-state index in [9.17, 15) is 5.11 Å². The third-order valence-corrected chi connectivity index (χ3v) is 3.41. The Balaban J connectivity index is 1.74. The van der Waals surface area contributed by atoms with Crippen LogP contribution >= 0.6 is 0 Å². The smallest absolute Gasteiger partial charge is 0.129 e. The Morgan fingerprint density at radius 2 is 1.88 bits per heavy atom. The van der Waals surface area contributed by atoms with Crippen LogP contribution in [0.25, 0.3) is 0 Å². The van der Waals surface area contributed by atoms with Crippen molar-refractivity contribution in [3.05, 3.63) is 23.7 Å². The van der Waals surface area contributed by atoms with E-state index in [-0.39, 0.29) is 6.61 Å². The quantitative estimate of drug-likeness (QED) is 0.729. The van der Waals surface area contributed by atoms with Gasteiger partial charge in [-0.3, -0.25) is 0 Å². The molecular weight excluding hydrogens is 218 g/mol. The van der Waals surface area contributed by atoms with E-state index in [1.54, 1.807) is 6.07 Å². The molecule has 0 saturated heterocycles. The maximum atomic E-state index is 10.3. The van der Waals surface area contributed by atoms with Crippen molar-refractivity contribution in [3.63, 3.8) is 0 Å². The topological polar surface area (TPSA) is 65.6 Å². The van der Waals surface area contributed by atoms with Gasteiger partial charge in [-0.05, 0) is 25.0 Å². The molecule has 1 saturated carbocycles. The first-order valence-electron chi connectivity index (χ1n) is 6.33. The molecule has 1 aromatic rings. The number of hydrogen-bond donors (Lipinski definition) is 3. The predicted octanol–water partition coefficient (Wildman–Crippen LogP) is 1.56. The predicted molar refractivity (Wildman–Crippen MR) is 64.4 cm³/mol. The maximum Gasteiger partial charge on any atom is 0.129 e. The van der Waals surface area contributed by atoms with Gasteiger partial charge in [0.25, 0.3) is 0 Å². The first-order chi connectivity index (χ1) is 8.22. The molecule has 0 aromatic carbocycles. The average molecular weight is 239 g/mol. The highest BCUT2D eigenvalue weighted by Gasteiger charge is 2.28. The largest absolute Gasteiger partial charge is 0.462 e. The van der Waals surface area contributed by atoms with E-state index in [1.165, 1.54) is 6.42 Å². The third-order valence-electron chi connectivity index (χ3n) is 3.41. The first-order valence-corrected chi connectivity index (χ1v) is 6.33. The molecule has 1 aliphatic carbocycles. The first kappa shape index (κ1) is 12.6. The highest BCUT2D eigenvalue weighted by molar-refractivity contribution is 5.06. The van der Waals surface area contributed by atoms with Crippen LogP contribution in [0.15, 0.2) is 16.5 Å². The summed E-state index contributed by atoms with van der Waals surface area (Å²) in [6.45, 7) is 1.15. The van der Waals surface area contributed by atoms with Gasteiger partial charge in [0.1, 0.15) is 18.1 Å². The average Bonchev–Trinajstić information content (AvgIpc) is 2.78. The zero-order valence-electron chi connectivity index (χ0n) is 10.1. The van der Waals surface area contributed by atoms with E-state index in [0.29, 0.717) is 18.8 Å². The van der Waals surface area contributed by atoms with Crippen LogP contribution in [0, 0.1) is 0 Å². The molecule has 1 aromatic heterocycles. The second-order valence-electron chi connectivity index (χ2n) is 4.91. The molecule has 4 nitrogen and oxygen atoms in total. The summed E-state index contributed by atoms with van der Waals surface area (Å²) in [4.78, 5) is 0. The summed E-state index contributed by atoms with van der Waals surface area (Å²) >= 11 is 0. The van der Waals surface area contributed by atoms with Crippen molar-refractivity contribution in [2.45, 2.75) is 50.9 Å². The molecule has 0 radical (unpaired) electrons. The van der Waals surface area contributed by atoms with E-state index in [1.807, 2.05) is 6.07 Å². The van der Waals surface area contributed by atoms with Gasteiger partial charge < -0.3 is 19.9 Å². The molecular formula is C13H21NO3. The summed E-state index contributed by atoms with van der Waals surface area (Å²) in [6, 6.07) is 3.62. The fourth-order valence-electron chi connectivity index (χ4n) is 2.41. The second-order valence-corrected chi connectivity index (χ2v) is 4.91. The maximum absolute atomic E-state index is 10.3. The van der Waals surface area contributed by atoms with Gasteiger partial charge in [0.2, 0.25) is 0 Å². The molecule has 3 N–H and O–H groups in total. The van der Waals surface area contributed by atoms with E-state index >= 15 is 0 Å². The Kier molecular flexibility index (Phi) is 4.20. The molecule has 1 heterocycles. The van der Waals surface area contributed by atoms with E-state index < -0.39 is 5.60 Å². The van der Waals surface area contributed by atoms with Crippen molar-refractivity contribution >= 4 is 0 Å². The van der Waals surface area contributed by atoms with Crippen LogP contribution in [0.1, 0.15) is 43.6 Å². The van der Waals surface area contributed by atoms with Gasteiger partial charge in [0, 0.05) is 6.54 Å². The van der Waals surface area contributed by atoms with Crippen LogP contribution < -0.4 is 5.32 Å². The summed E-state index contributed by atoms with van der Waals surface area (Å²) in [6.07, 6.45) is 5.25. The summed E-state index contributed by atoms with van der Waals surface area (Å²) in [5.74, 6) is 1.38. The summed E-state index contributed by atoms with van der Waals surface area (Å²) in [7, 11) is 0. The van der Waals surface area contributed by atoms with Gasteiger partial charge >= 0.3 is 0 Å². The summed E-state index contributed by atoms with van der Waals surface area (Å²) in [5.41, 5.74) is -0.537. The molecule has 1 aliphatic rings. The Bertz CT molecular complexity index is 342. The number of furan rings is 1. The van der Waals surface area contributed by atoms with Gasteiger partial charge in [-0.2, -0.15) is 0 Å². The number of rotatable bonds is 5. The molecule has 17 heavy (non-hydrogen) atoms. The number of aliphatic hydroxyl groups excluding tert-OH is 1. The zero-order chi connectivity index (χ0) is 12.1.